The van der Waals surface area contributed by atoms with Gasteiger partial charge in [-0.3, -0.25) is 4.99 Å². The number of aliphatic imine (C=N–C) groups is 1. The van der Waals surface area contributed by atoms with Crippen molar-refractivity contribution in [1.29, 1.82) is 0 Å². The Morgan fingerprint density at radius 3 is 2.22 bits per heavy atom. The van der Waals surface area contributed by atoms with Crippen molar-refractivity contribution in [2.45, 2.75) is 33.6 Å². The Kier molecular flexibility index (Phi) is 8.31. The molecule has 0 fully saturated rings. The second kappa shape index (κ2) is 11.0. The first kappa shape index (κ1) is 20.4. The summed E-state index contributed by atoms with van der Waals surface area (Å²) in [6.45, 7) is 6.36. The number of allylic oxidation sites excluding steroid dienone is 10. The fourth-order valence-corrected chi connectivity index (χ4v) is 2.69. The minimum Gasteiger partial charge on any atom is -0.390 e. The average molecular weight is 359 g/mol. The maximum atomic E-state index is 4.97. The second-order valence-electron chi connectivity index (χ2n) is 6.66. The molecule has 0 aliphatic heterocycles. The molecule has 2 heteroatoms. The number of hydrogen-bond acceptors (Lipinski definition) is 2. The van der Waals surface area contributed by atoms with E-state index in [1.807, 2.05) is 43.4 Å². The van der Waals surface area contributed by atoms with E-state index < -0.39 is 0 Å². The Morgan fingerprint density at radius 1 is 0.926 bits per heavy atom. The van der Waals surface area contributed by atoms with Crippen molar-refractivity contribution in [3.63, 3.8) is 0 Å². The first-order valence-electron chi connectivity index (χ1n) is 9.46. The van der Waals surface area contributed by atoms with Gasteiger partial charge in [-0.25, -0.2) is 0 Å². The van der Waals surface area contributed by atoms with Crippen molar-refractivity contribution >= 4 is 5.71 Å². The van der Waals surface area contributed by atoms with Crippen molar-refractivity contribution in [2.24, 2.45) is 4.99 Å². The van der Waals surface area contributed by atoms with E-state index in [9.17, 15) is 0 Å². The maximum absolute atomic E-state index is 4.97. The smallest absolute Gasteiger partial charge is 0.0891 e. The molecule has 0 radical (unpaired) electrons. The Balaban J connectivity index is 0.000000369. The second-order valence-corrected chi connectivity index (χ2v) is 6.66. The molecule has 1 N–H and O–H groups in total. The molecule has 2 aliphatic carbocycles. The lowest BCUT2D eigenvalue weighted by atomic mass is 9.98. The summed E-state index contributed by atoms with van der Waals surface area (Å²) in [5, 5.41) is 3.24. The standard InChI is InChI=1S/C19H24N2.C6H6/c1-14-11-12-15(2)18(13-14)21-19(16(3)20-4)17-9-7-5-6-8-10-17;1-2-4-6-5-3-1/h5,7-12,20H,6,13H2,1-4H3;1-6H/b19-16-,21-18?;. The third-order valence-corrected chi connectivity index (χ3v) is 4.42. The van der Waals surface area contributed by atoms with Crippen LogP contribution in [0.25, 0.3) is 0 Å². The van der Waals surface area contributed by atoms with Crippen LogP contribution in [0, 0.1) is 0 Å². The molecule has 27 heavy (non-hydrogen) atoms. The summed E-state index contributed by atoms with van der Waals surface area (Å²) in [4.78, 5) is 4.97. The Hall–Kier alpha value is -2.87. The molecular weight excluding hydrogens is 328 g/mol. The zero-order valence-electron chi connectivity index (χ0n) is 16.9. The van der Waals surface area contributed by atoms with E-state index >= 15 is 0 Å². The molecule has 0 saturated heterocycles. The van der Waals surface area contributed by atoms with Gasteiger partial charge < -0.3 is 5.32 Å². The summed E-state index contributed by atoms with van der Waals surface area (Å²) < 4.78 is 0. The highest BCUT2D eigenvalue weighted by atomic mass is 14.9. The number of rotatable bonds is 3. The van der Waals surface area contributed by atoms with Crippen molar-refractivity contribution in [3.8, 4) is 0 Å². The SMILES string of the molecule is CN/C(C)=C(\N=C1CC(C)=CC=C1C)C1=CC=CCC=C1.c1ccccc1. The van der Waals surface area contributed by atoms with Gasteiger partial charge in [-0.2, -0.15) is 0 Å². The van der Waals surface area contributed by atoms with Gasteiger partial charge in [-0.15, -0.1) is 0 Å². The van der Waals surface area contributed by atoms with Crippen LogP contribution in [0.5, 0.6) is 0 Å². The van der Waals surface area contributed by atoms with Gasteiger partial charge >= 0.3 is 0 Å². The Morgan fingerprint density at radius 2 is 1.59 bits per heavy atom. The van der Waals surface area contributed by atoms with Crippen molar-refractivity contribution in [2.75, 3.05) is 7.05 Å². The zero-order chi connectivity index (χ0) is 19.5. The highest BCUT2D eigenvalue weighted by Gasteiger charge is 2.12. The number of nitrogens with one attached hydrogen (secondary N) is 1. The molecule has 2 aliphatic rings. The largest absolute Gasteiger partial charge is 0.390 e. The molecule has 140 valence electrons. The lowest BCUT2D eigenvalue weighted by Crippen LogP contribution is -2.10. The molecule has 0 aromatic heterocycles. The fourth-order valence-electron chi connectivity index (χ4n) is 2.69. The van der Waals surface area contributed by atoms with E-state index in [-0.39, 0.29) is 0 Å². The number of nitrogens with zero attached hydrogens (tertiary/aromatic N) is 1. The summed E-state index contributed by atoms with van der Waals surface area (Å²) in [5.74, 6) is 0. The van der Waals surface area contributed by atoms with Crippen LogP contribution >= 0.6 is 0 Å². The van der Waals surface area contributed by atoms with Crippen LogP contribution in [0.2, 0.25) is 0 Å². The van der Waals surface area contributed by atoms with Crippen LogP contribution in [0.3, 0.4) is 0 Å². The van der Waals surface area contributed by atoms with Gasteiger partial charge in [-0.1, -0.05) is 84.5 Å². The van der Waals surface area contributed by atoms with Crippen LogP contribution in [0.4, 0.5) is 0 Å². The molecule has 0 amide bonds. The molecule has 0 bridgehead atoms. The molecule has 1 aromatic carbocycles. The van der Waals surface area contributed by atoms with E-state index in [0.717, 1.165) is 35.5 Å². The van der Waals surface area contributed by atoms with Crippen molar-refractivity contribution < 1.29 is 0 Å². The third-order valence-electron chi connectivity index (χ3n) is 4.42. The van der Waals surface area contributed by atoms with E-state index in [2.05, 4.69) is 68.6 Å². The minimum absolute atomic E-state index is 0.926. The summed E-state index contributed by atoms with van der Waals surface area (Å²) in [7, 11) is 1.95. The summed E-state index contributed by atoms with van der Waals surface area (Å²) >= 11 is 0. The summed E-state index contributed by atoms with van der Waals surface area (Å²) in [6.07, 6.45) is 17.0. The Labute approximate surface area is 164 Å². The summed E-state index contributed by atoms with van der Waals surface area (Å²) in [5.41, 5.74) is 7.03. The van der Waals surface area contributed by atoms with Crippen LogP contribution in [-0.4, -0.2) is 12.8 Å². The predicted octanol–water partition coefficient (Wildman–Crippen LogP) is 6.30. The quantitative estimate of drug-likeness (QED) is 0.673. The fraction of sp³-hybridized carbons (Fsp3) is 0.240. The van der Waals surface area contributed by atoms with Crippen LogP contribution in [0.15, 0.2) is 112 Å². The zero-order valence-corrected chi connectivity index (χ0v) is 16.9. The van der Waals surface area contributed by atoms with E-state index in [4.69, 9.17) is 4.99 Å². The van der Waals surface area contributed by atoms with Gasteiger partial charge in [-0.05, 0) is 32.8 Å². The number of hydrogen-bond donors (Lipinski definition) is 1. The van der Waals surface area contributed by atoms with Gasteiger partial charge in [0.2, 0.25) is 0 Å². The monoisotopic (exact) mass is 358 g/mol. The topological polar surface area (TPSA) is 24.4 Å². The van der Waals surface area contributed by atoms with Crippen LogP contribution in [-0.2, 0) is 0 Å². The first-order chi connectivity index (χ1) is 13.1. The molecule has 0 spiro atoms. The molecule has 0 saturated carbocycles. The van der Waals surface area contributed by atoms with Crippen LogP contribution in [0.1, 0.15) is 33.6 Å². The molecule has 0 atom stereocenters. The summed E-state index contributed by atoms with van der Waals surface area (Å²) in [6, 6.07) is 12.0. The molecule has 0 heterocycles. The minimum atomic E-state index is 0.926. The normalized spacial score (nSPS) is 18.4. The molecule has 1 aromatic rings. The van der Waals surface area contributed by atoms with E-state index in [1.54, 1.807) is 0 Å². The first-order valence-corrected chi connectivity index (χ1v) is 9.46. The lowest BCUT2D eigenvalue weighted by molar-refractivity contribution is 0.955. The lowest BCUT2D eigenvalue weighted by Gasteiger charge is -2.15. The highest BCUT2D eigenvalue weighted by Crippen LogP contribution is 2.23. The van der Waals surface area contributed by atoms with E-state index in [0.29, 0.717) is 0 Å². The van der Waals surface area contributed by atoms with Gasteiger partial charge in [0.15, 0.2) is 0 Å². The molecule has 0 unspecified atom stereocenters. The average Bonchev–Trinajstić information content (AvgIpc) is 2.99. The van der Waals surface area contributed by atoms with Gasteiger partial charge in [0, 0.05) is 30.5 Å². The van der Waals surface area contributed by atoms with E-state index in [1.165, 1.54) is 11.1 Å². The van der Waals surface area contributed by atoms with Gasteiger partial charge in [0.1, 0.15) is 0 Å². The molecule has 3 rings (SSSR count). The Bertz CT molecular complexity index is 802. The van der Waals surface area contributed by atoms with Gasteiger partial charge in [0.05, 0.1) is 5.70 Å². The van der Waals surface area contributed by atoms with Gasteiger partial charge in [0.25, 0.3) is 0 Å². The van der Waals surface area contributed by atoms with Crippen molar-refractivity contribution in [3.05, 3.63) is 107 Å². The van der Waals surface area contributed by atoms with Crippen LogP contribution < -0.4 is 5.32 Å². The highest BCUT2D eigenvalue weighted by molar-refractivity contribution is 6.03. The number of benzene rings is 1. The molecule has 2 nitrogen and oxygen atoms in total. The van der Waals surface area contributed by atoms with Crippen molar-refractivity contribution in [1.82, 2.24) is 5.32 Å². The third kappa shape index (κ3) is 6.74. The predicted molar refractivity (Wildman–Crippen MR) is 119 cm³/mol. The molecular formula is C25H30N2. The maximum Gasteiger partial charge on any atom is 0.0891 e.